The maximum Gasteiger partial charge on any atom is 0.355 e. The first kappa shape index (κ1) is 14.0. The van der Waals surface area contributed by atoms with Gasteiger partial charge in [0, 0.05) is 18.5 Å². The van der Waals surface area contributed by atoms with Crippen LogP contribution in [0.25, 0.3) is 5.65 Å². The normalized spacial score (nSPS) is 19.5. The second-order valence-electron chi connectivity index (χ2n) is 5.73. The van der Waals surface area contributed by atoms with E-state index in [9.17, 15) is 4.79 Å². The maximum atomic E-state index is 12.0. The first-order valence-electron chi connectivity index (χ1n) is 7.28. The molecule has 0 aromatic carbocycles. The quantitative estimate of drug-likeness (QED) is 0.805. The smallest absolute Gasteiger partial charge is 0.355 e. The topological polar surface area (TPSA) is 59.7 Å². The highest BCUT2D eigenvalue weighted by atomic mass is 16.5. The fourth-order valence-corrected chi connectivity index (χ4v) is 2.96. The lowest BCUT2D eigenvalue weighted by atomic mass is 10.1. The fraction of sp³-hybridized carbons (Fsp3) is 0.533. The molecule has 1 saturated heterocycles. The number of carbonyl (C=O) groups excluding carboxylic acids is 1. The van der Waals surface area contributed by atoms with Crippen molar-refractivity contribution >= 4 is 11.6 Å². The molecule has 0 amide bonds. The summed E-state index contributed by atoms with van der Waals surface area (Å²) in [6.07, 6.45) is 1.04. The lowest BCUT2D eigenvalue weighted by Gasteiger charge is -2.19. The Kier molecular flexibility index (Phi) is 3.63. The molecule has 112 valence electrons. The lowest BCUT2D eigenvalue weighted by molar-refractivity contribution is 0.0591. The molecular formula is C15H20N4O2. The molecule has 6 nitrogen and oxygen atoms in total. The second-order valence-corrected chi connectivity index (χ2v) is 5.73. The first-order chi connectivity index (χ1) is 10.1. The minimum atomic E-state index is -0.361. The standard InChI is InChI=1S/C15H20N4O2/c1-10(2)18-8-7-11(9-18)14-17-16-13-6-4-5-12(19(13)14)15(20)21-3/h4-6,10-11H,7-9H2,1-3H3. The van der Waals surface area contributed by atoms with Gasteiger partial charge >= 0.3 is 5.97 Å². The average molecular weight is 288 g/mol. The van der Waals surface area contributed by atoms with E-state index < -0.39 is 0 Å². The van der Waals surface area contributed by atoms with Crippen LogP contribution < -0.4 is 0 Å². The maximum absolute atomic E-state index is 12.0. The van der Waals surface area contributed by atoms with E-state index in [1.807, 2.05) is 10.5 Å². The Hall–Kier alpha value is -1.95. The van der Waals surface area contributed by atoms with Crippen molar-refractivity contribution in [3.05, 3.63) is 29.7 Å². The van der Waals surface area contributed by atoms with Crippen molar-refractivity contribution in [2.24, 2.45) is 0 Å². The first-order valence-corrected chi connectivity index (χ1v) is 7.28. The van der Waals surface area contributed by atoms with Crippen molar-refractivity contribution in [1.29, 1.82) is 0 Å². The van der Waals surface area contributed by atoms with E-state index >= 15 is 0 Å². The van der Waals surface area contributed by atoms with Gasteiger partial charge in [0.25, 0.3) is 0 Å². The predicted molar refractivity (Wildman–Crippen MR) is 78.4 cm³/mol. The third kappa shape index (κ3) is 2.40. The van der Waals surface area contributed by atoms with E-state index in [1.54, 1.807) is 12.1 Å². The summed E-state index contributed by atoms with van der Waals surface area (Å²) in [6.45, 7) is 6.40. The highest BCUT2D eigenvalue weighted by Gasteiger charge is 2.30. The molecule has 1 aliphatic rings. The Balaban J connectivity index is 2.02. The summed E-state index contributed by atoms with van der Waals surface area (Å²) >= 11 is 0. The van der Waals surface area contributed by atoms with Gasteiger partial charge in [-0.2, -0.15) is 0 Å². The van der Waals surface area contributed by atoms with Crippen LogP contribution in [-0.2, 0) is 4.74 Å². The number of esters is 1. The zero-order valence-electron chi connectivity index (χ0n) is 12.6. The van der Waals surface area contributed by atoms with Gasteiger partial charge in [0.1, 0.15) is 11.5 Å². The molecule has 6 heteroatoms. The summed E-state index contributed by atoms with van der Waals surface area (Å²) in [6, 6.07) is 5.93. The monoisotopic (exact) mass is 288 g/mol. The molecule has 1 atom stereocenters. The molecule has 2 aromatic rings. The van der Waals surface area contributed by atoms with E-state index in [1.165, 1.54) is 7.11 Å². The zero-order chi connectivity index (χ0) is 15.0. The largest absolute Gasteiger partial charge is 0.464 e. The third-order valence-electron chi connectivity index (χ3n) is 4.16. The van der Waals surface area contributed by atoms with Crippen LogP contribution >= 0.6 is 0 Å². The molecule has 3 rings (SSSR count). The van der Waals surface area contributed by atoms with E-state index in [4.69, 9.17) is 4.74 Å². The number of hydrogen-bond donors (Lipinski definition) is 0. The minimum absolute atomic E-state index is 0.299. The van der Waals surface area contributed by atoms with E-state index in [2.05, 4.69) is 28.9 Å². The molecular weight excluding hydrogens is 268 g/mol. The number of pyridine rings is 1. The minimum Gasteiger partial charge on any atom is -0.464 e. The molecule has 1 fully saturated rings. The van der Waals surface area contributed by atoms with Gasteiger partial charge in [-0.1, -0.05) is 6.07 Å². The van der Waals surface area contributed by atoms with Crippen LogP contribution in [0.3, 0.4) is 0 Å². The molecule has 21 heavy (non-hydrogen) atoms. The summed E-state index contributed by atoms with van der Waals surface area (Å²) in [5.74, 6) is 0.794. The molecule has 3 heterocycles. The molecule has 2 aromatic heterocycles. The van der Waals surface area contributed by atoms with Crippen molar-refractivity contribution in [3.63, 3.8) is 0 Å². The number of aromatic nitrogens is 3. The molecule has 0 N–H and O–H groups in total. The number of fused-ring (bicyclic) bond motifs is 1. The van der Waals surface area contributed by atoms with E-state index in [0.717, 1.165) is 25.3 Å². The van der Waals surface area contributed by atoms with Crippen molar-refractivity contribution < 1.29 is 9.53 Å². The Morgan fingerprint density at radius 2 is 2.19 bits per heavy atom. The SMILES string of the molecule is COC(=O)c1cccc2nnc(C3CCN(C(C)C)C3)n12. The number of likely N-dealkylation sites (tertiary alicyclic amines) is 1. The summed E-state index contributed by atoms with van der Waals surface area (Å²) in [5, 5.41) is 8.52. The van der Waals surface area contributed by atoms with Gasteiger partial charge in [0.2, 0.25) is 0 Å². The molecule has 0 spiro atoms. The molecule has 0 radical (unpaired) electrons. The van der Waals surface area contributed by atoms with Crippen LogP contribution in [0.5, 0.6) is 0 Å². The van der Waals surface area contributed by atoms with Crippen LogP contribution in [0.15, 0.2) is 18.2 Å². The number of hydrogen-bond acceptors (Lipinski definition) is 5. The van der Waals surface area contributed by atoms with Gasteiger partial charge in [0.05, 0.1) is 7.11 Å². The zero-order valence-corrected chi connectivity index (χ0v) is 12.6. The summed E-state index contributed by atoms with van der Waals surface area (Å²) in [5.41, 5.74) is 1.17. The number of methoxy groups -OCH3 is 1. The van der Waals surface area contributed by atoms with Crippen LogP contribution in [0.4, 0.5) is 0 Å². The van der Waals surface area contributed by atoms with Gasteiger partial charge in [-0.3, -0.25) is 4.40 Å². The van der Waals surface area contributed by atoms with Gasteiger partial charge in [-0.05, 0) is 38.9 Å². The number of ether oxygens (including phenoxy) is 1. The Morgan fingerprint density at radius 1 is 1.38 bits per heavy atom. The Bertz CT molecular complexity index is 665. The van der Waals surface area contributed by atoms with Crippen molar-refractivity contribution in [2.75, 3.05) is 20.2 Å². The Labute approximate surface area is 123 Å². The van der Waals surface area contributed by atoms with Gasteiger partial charge < -0.3 is 9.64 Å². The van der Waals surface area contributed by atoms with E-state index in [-0.39, 0.29) is 5.97 Å². The summed E-state index contributed by atoms with van der Waals surface area (Å²) in [7, 11) is 1.39. The van der Waals surface area contributed by atoms with E-state index in [0.29, 0.717) is 23.3 Å². The number of carbonyl (C=O) groups is 1. The van der Waals surface area contributed by atoms with Crippen LogP contribution in [-0.4, -0.2) is 51.7 Å². The molecule has 0 bridgehead atoms. The fourth-order valence-electron chi connectivity index (χ4n) is 2.96. The summed E-state index contributed by atoms with van der Waals surface area (Å²) < 4.78 is 6.70. The van der Waals surface area contributed by atoms with Crippen molar-refractivity contribution in [1.82, 2.24) is 19.5 Å². The highest BCUT2D eigenvalue weighted by molar-refractivity contribution is 5.88. The van der Waals surface area contributed by atoms with Crippen LogP contribution in [0, 0.1) is 0 Å². The van der Waals surface area contributed by atoms with Crippen LogP contribution in [0.1, 0.15) is 42.5 Å². The predicted octanol–water partition coefficient (Wildman–Crippen LogP) is 1.71. The van der Waals surface area contributed by atoms with Crippen molar-refractivity contribution in [3.8, 4) is 0 Å². The molecule has 1 unspecified atom stereocenters. The van der Waals surface area contributed by atoms with Crippen molar-refractivity contribution in [2.45, 2.75) is 32.2 Å². The molecule has 0 aliphatic carbocycles. The van der Waals surface area contributed by atoms with Crippen LogP contribution in [0.2, 0.25) is 0 Å². The number of rotatable bonds is 3. The average Bonchev–Trinajstić information content (AvgIpc) is 3.12. The second kappa shape index (κ2) is 5.44. The lowest BCUT2D eigenvalue weighted by Crippen LogP contribution is -2.28. The highest BCUT2D eigenvalue weighted by Crippen LogP contribution is 2.28. The van der Waals surface area contributed by atoms with Gasteiger partial charge in [-0.25, -0.2) is 4.79 Å². The molecule has 0 saturated carbocycles. The van der Waals surface area contributed by atoms with Gasteiger partial charge in [-0.15, -0.1) is 10.2 Å². The third-order valence-corrected chi connectivity index (χ3v) is 4.16. The Morgan fingerprint density at radius 3 is 2.86 bits per heavy atom. The summed E-state index contributed by atoms with van der Waals surface area (Å²) in [4.78, 5) is 14.4. The molecule has 1 aliphatic heterocycles. The number of nitrogens with zero attached hydrogens (tertiary/aromatic N) is 4. The van der Waals surface area contributed by atoms with Gasteiger partial charge in [0.15, 0.2) is 5.65 Å².